The van der Waals surface area contributed by atoms with Crippen LogP contribution in [0.5, 0.6) is 11.5 Å². The lowest BCUT2D eigenvalue weighted by Crippen LogP contribution is -2.25. The number of carbonyl (C=O) groups is 3. The van der Waals surface area contributed by atoms with E-state index in [1.165, 1.54) is 12.1 Å². The van der Waals surface area contributed by atoms with Crippen LogP contribution in [0, 0.1) is 0 Å². The van der Waals surface area contributed by atoms with Gasteiger partial charge in [-0.3, -0.25) is 14.4 Å². The Hall–Kier alpha value is -3.49. The molecular weight excluding hydrogens is 376 g/mol. The highest BCUT2D eigenvalue weighted by molar-refractivity contribution is 5.98. The first-order chi connectivity index (χ1) is 13.3. The van der Waals surface area contributed by atoms with E-state index in [1.807, 2.05) is 0 Å². The Labute approximate surface area is 158 Å². The maximum atomic E-state index is 13.0. The number of alkyl halides is 2. The molecule has 146 valence electrons. The Morgan fingerprint density at radius 1 is 0.964 bits per heavy atom. The van der Waals surface area contributed by atoms with E-state index < -0.39 is 24.8 Å². The van der Waals surface area contributed by atoms with E-state index in [9.17, 15) is 23.2 Å². The third-order valence-electron chi connectivity index (χ3n) is 3.70. The number of Topliss-reactive ketones (excluding diaryl/α,β-unsaturated/α-hetero) is 1. The maximum absolute atomic E-state index is 13.0. The molecule has 0 fully saturated rings. The summed E-state index contributed by atoms with van der Waals surface area (Å²) in [5, 5.41) is 2.38. The summed E-state index contributed by atoms with van der Waals surface area (Å²) in [6.45, 7) is -0.580. The van der Waals surface area contributed by atoms with E-state index >= 15 is 0 Å². The third-order valence-corrected chi connectivity index (χ3v) is 3.70. The van der Waals surface area contributed by atoms with Gasteiger partial charge in [0.25, 0.3) is 5.91 Å². The smallest absolute Gasteiger partial charge is 0.456 e. The van der Waals surface area contributed by atoms with Crippen LogP contribution in [0.4, 0.5) is 14.5 Å². The number of ketones is 1. The summed E-state index contributed by atoms with van der Waals surface area (Å²) in [4.78, 5) is 35.4. The molecule has 0 bridgehead atoms. The first kappa shape index (κ1) is 19.3. The van der Waals surface area contributed by atoms with Crippen molar-refractivity contribution in [3.8, 4) is 11.5 Å². The fourth-order valence-electron chi connectivity index (χ4n) is 2.43. The number of amides is 1. The van der Waals surface area contributed by atoms with Crippen molar-refractivity contribution in [3.63, 3.8) is 0 Å². The zero-order valence-electron chi connectivity index (χ0n) is 14.4. The van der Waals surface area contributed by atoms with Gasteiger partial charge in [0.2, 0.25) is 0 Å². The van der Waals surface area contributed by atoms with Crippen LogP contribution >= 0.6 is 0 Å². The average Bonchev–Trinajstić information content (AvgIpc) is 2.98. The van der Waals surface area contributed by atoms with Gasteiger partial charge in [-0.1, -0.05) is 30.3 Å². The summed E-state index contributed by atoms with van der Waals surface area (Å²) in [7, 11) is 0. The number of hydrogen-bond acceptors (Lipinski definition) is 6. The molecule has 1 amide bonds. The molecule has 28 heavy (non-hydrogen) atoms. The lowest BCUT2D eigenvalue weighted by molar-refractivity contribution is -0.286. The van der Waals surface area contributed by atoms with Gasteiger partial charge in [0.1, 0.15) is 0 Å². The molecule has 7 nitrogen and oxygen atoms in total. The van der Waals surface area contributed by atoms with Crippen LogP contribution in [-0.4, -0.2) is 30.6 Å². The van der Waals surface area contributed by atoms with Gasteiger partial charge in [0.05, 0.1) is 6.42 Å². The van der Waals surface area contributed by atoms with Gasteiger partial charge in [-0.25, -0.2) is 0 Å². The minimum Gasteiger partial charge on any atom is -0.456 e. The Balaban J connectivity index is 1.42. The Bertz CT molecular complexity index is 901. The molecule has 0 radical (unpaired) electrons. The number of nitrogens with one attached hydrogen (secondary N) is 1. The van der Waals surface area contributed by atoms with Gasteiger partial charge in [0, 0.05) is 23.7 Å². The predicted octanol–water partition coefficient (Wildman–Crippen LogP) is 3.15. The van der Waals surface area contributed by atoms with E-state index in [0.29, 0.717) is 5.56 Å². The Kier molecular flexibility index (Phi) is 5.53. The quantitative estimate of drug-likeness (QED) is 0.576. The molecule has 1 heterocycles. The highest BCUT2D eigenvalue weighted by Crippen LogP contribution is 2.42. The van der Waals surface area contributed by atoms with Crippen LogP contribution < -0.4 is 14.8 Å². The molecule has 0 saturated heterocycles. The van der Waals surface area contributed by atoms with E-state index in [1.54, 1.807) is 30.3 Å². The first-order valence-electron chi connectivity index (χ1n) is 8.26. The molecular formula is C19H15F2NO6. The monoisotopic (exact) mass is 391 g/mol. The number of fused-ring (bicyclic) bond motifs is 1. The van der Waals surface area contributed by atoms with Crippen molar-refractivity contribution in [2.75, 3.05) is 11.9 Å². The summed E-state index contributed by atoms with van der Waals surface area (Å²) >= 11 is 0. The molecule has 0 atom stereocenters. The first-order valence-corrected chi connectivity index (χ1v) is 8.26. The number of esters is 1. The van der Waals surface area contributed by atoms with Crippen molar-refractivity contribution in [2.24, 2.45) is 0 Å². The number of ether oxygens (including phenoxy) is 3. The van der Waals surface area contributed by atoms with Gasteiger partial charge < -0.3 is 19.5 Å². The van der Waals surface area contributed by atoms with Gasteiger partial charge >= 0.3 is 12.3 Å². The molecule has 0 spiro atoms. The van der Waals surface area contributed by atoms with Gasteiger partial charge in [-0.05, 0) is 12.1 Å². The number of halogens is 2. The maximum Gasteiger partial charge on any atom is 0.586 e. The number of anilines is 1. The highest BCUT2D eigenvalue weighted by Gasteiger charge is 2.43. The van der Waals surface area contributed by atoms with E-state index in [4.69, 9.17) is 4.74 Å². The number of carbonyl (C=O) groups excluding carboxylic acids is 3. The van der Waals surface area contributed by atoms with Crippen LogP contribution in [0.1, 0.15) is 23.2 Å². The van der Waals surface area contributed by atoms with E-state index in [-0.39, 0.29) is 35.8 Å². The third kappa shape index (κ3) is 5.03. The van der Waals surface area contributed by atoms with Crippen molar-refractivity contribution in [1.29, 1.82) is 0 Å². The molecule has 0 saturated carbocycles. The molecule has 2 aromatic carbocycles. The van der Waals surface area contributed by atoms with Gasteiger partial charge in [-0.15, -0.1) is 8.78 Å². The summed E-state index contributed by atoms with van der Waals surface area (Å²) in [6, 6.07) is 12.2. The van der Waals surface area contributed by atoms with Crippen molar-refractivity contribution >= 4 is 23.3 Å². The minimum atomic E-state index is -3.75. The van der Waals surface area contributed by atoms with Crippen molar-refractivity contribution < 1.29 is 37.4 Å². The molecule has 9 heteroatoms. The van der Waals surface area contributed by atoms with Crippen molar-refractivity contribution in [1.82, 2.24) is 0 Å². The largest absolute Gasteiger partial charge is 0.586 e. The predicted molar refractivity (Wildman–Crippen MR) is 92.2 cm³/mol. The molecule has 1 N–H and O–H groups in total. The van der Waals surface area contributed by atoms with Crippen LogP contribution in [0.2, 0.25) is 0 Å². The second-order valence-electron chi connectivity index (χ2n) is 5.83. The summed E-state index contributed by atoms with van der Waals surface area (Å²) in [6.07, 6.45) is -3.96. The lowest BCUT2D eigenvalue weighted by Gasteiger charge is -2.07. The second-order valence-corrected chi connectivity index (χ2v) is 5.83. The lowest BCUT2D eigenvalue weighted by atomic mass is 10.1. The molecule has 0 aromatic heterocycles. The number of benzene rings is 2. The topological polar surface area (TPSA) is 90.9 Å². The molecule has 2 aromatic rings. The fourth-order valence-corrected chi connectivity index (χ4v) is 2.43. The minimum absolute atomic E-state index is 0.0408. The zero-order chi connectivity index (χ0) is 20.1. The van der Waals surface area contributed by atoms with E-state index in [2.05, 4.69) is 14.8 Å². The molecule has 0 unspecified atom stereocenters. The summed E-state index contributed by atoms with van der Waals surface area (Å²) in [5.74, 6) is -1.96. The van der Waals surface area contributed by atoms with Crippen LogP contribution in [-0.2, 0) is 14.3 Å². The fraction of sp³-hybridized carbons (Fsp3) is 0.211. The summed E-state index contributed by atoms with van der Waals surface area (Å²) in [5.41, 5.74) is 0.654. The second kappa shape index (κ2) is 8.03. The molecule has 1 aliphatic rings. The molecule has 0 aliphatic carbocycles. The Morgan fingerprint density at radius 2 is 1.68 bits per heavy atom. The van der Waals surface area contributed by atoms with Crippen molar-refractivity contribution in [3.05, 3.63) is 54.1 Å². The number of rotatable bonds is 7. The standard InChI is InChI=1S/C19H15F2NO6/c20-19(21)27-15-8-6-13(10-16(15)28-19)22-17(24)11-26-18(25)9-7-14(23)12-4-2-1-3-5-12/h1-6,8,10H,7,9,11H2,(H,22,24). The average molecular weight is 391 g/mol. The molecule has 1 aliphatic heterocycles. The van der Waals surface area contributed by atoms with Crippen LogP contribution in [0.15, 0.2) is 48.5 Å². The van der Waals surface area contributed by atoms with Gasteiger partial charge in [0.15, 0.2) is 23.9 Å². The van der Waals surface area contributed by atoms with Crippen LogP contribution in [0.25, 0.3) is 0 Å². The van der Waals surface area contributed by atoms with Gasteiger partial charge in [-0.2, -0.15) is 0 Å². The SMILES string of the molecule is O=C(COC(=O)CCC(=O)c1ccccc1)Nc1ccc2c(c1)OC(F)(F)O2. The number of hydrogen-bond donors (Lipinski definition) is 1. The van der Waals surface area contributed by atoms with Crippen LogP contribution in [0.3, 0.4) is 0 Å². The highest BCUT2D eigenvalue weighted by atomic mass is 19.3. The zero-order valence-corrected chi connectivity index (χ0v) is 14.4. The normalized spacial score (nSPS) is 13.6. The summed E-state index contributed by atoms with van der Waals surface area (Å²) < 4.78 is 39.3. The Morgan fingerprint density at radius 3 is 2.43 bits per heavy atom. The van der Waals surface area contributed by atoms with E-state index in [0.717, 1.165) is 6.07 Å². The van der Waals surface area contributed by atoms with Crippen molar-refractivity contribution in [2.45, 2.75) is 19.1 Å². The molecule has 3 rings (SSSR count).